The summed E-state index contributed by atoms with van der Waals surface area (Å²) in [5, 5.41) is 21.0. The van der Waals surface area contributed by atoms with Crippen molar-refractivity contribution >= 4 is 28.9 Å². The Kier molecular flexibility index (Phi) is 3.17. The molecule has 0 fully saturated rings. The average Bonchev–Trinajstić information content (AvgIpc) is 3.06. The smallest absolute Gasteiger partial charge is 0.349 e. The lowest BCUT2D eigenvalue weighted by Crippen LogP contribution is -1.97. The van der Waals surface area contributed by atoms with Crippen LogP contribution in [0.1, 0.15) is 9.67 Å². The van der Waals surface area contributed by atoms with Crippen molar-refractivity contribution in [2.75, 3.05) is 0 Å². The van der Waals surface area contributed by atoms with Crippen LogP contribution in [0.4, 0.5) is 0 Å². The maximum Gasteiger partial charge on any atom is 0.349 e. The summed E-state index contributed by atoms with van der Waals surface area (Å²) in [6.45, 7) is 0. The first-order valence-corrected chi connectivity index (χ1v) is 6.60. The molecule has 0 radical (unpaired) electrons. The second-order valence-corrected chi connectivity index (χ2v) is 5.03. The highest BCUT2D eigenvalue weighted by atomic mass is 35.5. The molecule has 0 aliphatic rings. The first kappa shape index (κ1) is 12.7. The number of benzene rings is 1. The Hall–Kier alpha value is -2.32. The van der Waals surface area contributed by atoms with Gasteiger partial charge in [0.25, 0.3) is 0 Å². The lowest BCUT2D eigenvalue weighted by atomic mass is 10.2. The molecular formula is C11H6ClN5O2S. The average molecular weight is 308 g/mol. The topological polar surface area (TPSA) is 93.8 Å². The number of hydrogen-bond donors (Lipinski definition) is 1. The SMILES string of the molecule is O=C(O)c1sc(-n2nnc(-c3ccccc3)n2)nc1Cl. The van der Waals surface area contributed by atoms with Crippen LogP contribution in [0.25, 0.3) is 16.5 Å². The summed E-state index contributed by atoms with van der Waals surface area (Å²) < 4.78 is 0. The largest absolute Gasteiger partial charge is 0.477 e. The quantitative estimate of drug-likeness (QED) is 0.796. The van der Waals surface area contributed by atoms with E-state index in [0.29, 0.717) is 5.82 Å². The molecule has 0 bridgehead atoms. The fraction of sp³-hybridized carbons (Fsp3) is 0. The predicted molar refractivity (Wildman–Crippen MR) is 72.2 cm³/mol. The van der Waals surface area contributed by atoms with Crippen LogP contribution in [0.3, 0.4) is 0 Å². The highest BCUT2D eigenvalue weighted by Gasteiger charge is 2.18. The fourth-order valence-corrected chi connectivity index (χ4v) is 2.53. The van der Waals surface area contributed by atoms with Gasteiger partial charge in [0.1, 0.15) is 0 Å². The fourth-order valence-electron chi connectivity index (χ4n) is 1.51. The van der Waals surface area contributed by atoms with Crippen molar-refractivity contribution in [3.63, 3.8) is 0 Å². The van der Waals surface area contributed by atoms with E-state index in [9.17, 15) is 4.79 Å². The zero-order chi connectivity index (χ0) is 14.1. The highest BCUT2D eigenvalue weighted by Crippen LogP contribution is 2.25. The standard InChI is InChI=1S/C11H6ClN5O2S/c12-8-7(10(18)19)20-11(13-8)17-15-9(14-16-17)6-4-2-1-3-5-6/h1-5H,(H,18,19). The van der Waals surface area contributed by atoms with Crippen LogP contribution in [-0.2, 0) is 0 Å². The Morgan fingerprint density at radius 2 is 2.05 bits per heavy atom. The van der Waals surface area contributed by atoms with Crippen molar-refractivity contribution in [2.45, 2.75) is 0 Å². The summed E-state index contributed by atoms with van der Waals surface area (Å²) in [6.07, 6.45) is 0. The Balaban J connectivity index is 1.98. The Bertz CT molecular complexity index is 770. The predicted octanol–water partition coefficient (Wildman–Crippen LogP) is 2.14. The molecule has 100 valence electrons. The second kappa shape index (κ2) is 4.99. The van der Waals surface area contributed by atoms with Gasteiger partial charge in [-0.1, -0.05) is 53.3 Å². The minimum Gasteiger partial charge on any atom is -0.477 e. The third-order valence-electron chi connectivity index (χ3n) is 2.39. The van der Waals surface area contributed by atoms with E-state index in [1.54, 1.807) is 0 Å². The van der Waals surface area contributed by atoms with E-state index in [2.05, 4.69) is 20.4 Å². The number of halogens is 1. The van der Waals surface area contributed by atoms with Gasteiger partial charge in [-0.05, 0) is 5.21 Å². The molecule has 20 heavy (non-hydrogen) atoms. The normalized spacial score (nSPS) is 10.7. The van der Waals surface area contributed by atoms with E-state index in [1.807, 2.05) is 30.3 Å². The van der Waals surface area contributed by atoms with E-state index < -0.39 is 5.97 Å². The van der Waals surface area contributed by atoms with Gasteiger partial charge in [-0.15, -0.1) is 15.0 Å². The van der Waals surface area contributed by atoms with Crippen LogP contribution in [0, 0.1) is 0 Å². The summed E-state index contributed by atoms with van der Waals surface area (Å²) >= 11 is 6.63. The van der Waals surface area contributed by atoms with Crippen molar-refractivity contribution < 1.29 is 9.90 Å². The minimum absolute atomic E-state index is 0.0553. The molecular weight excluding hydrogens is 302 g/mol. The van der Waals surface area contributed by atoms with Gasteiger partial charge in [-0.25, -0.2) is 9.78 Å². The van der Waals surface area contributed by atoms with E-state index >= 15 is 0 Å². The lowest BCUT2D eigenvalue weighted by molar-refractivity contribution is 0.0702. The van der Waals surface area contributed by atoms with Crippen LogP contribution in [0.5, 0.6) is 0 Å². The first-order valence-electron chi connectivity index (χ1n) is 5.40. The number of carbonyl (C=O) groups is 1. The lowest BCUT2D eigenvalue weighted by Gasteiger charge is -1.91. The Labute approximate surface area is 121 Å². The third kappa shape index (κ3) is 2.26. The van der Waals surface area contributed by atoms with Crippen molar-refractivity contribution in [2.24, 2.45) is 0 Å². The molecule has 0 aliphatic heterocycles. The van der Waals surface area contributed by atoms with Gasteiger partial charge in [0.05, 0.1) is 0 Å². The molecule has 2 aromatic heterocycles. The number of aromatic nitrogens is 5. The number of thiazole rings is 1. The molecule has 1 N–H and O–H groups in total. The minimum atomic E-state index is -1.14. The molecule has 3 rings (SSSR count). The molecule has 0 aliphatic carbocycles. The van der Waals surface area contributed by atoms with Crippen molar-refractivity contribution in [3.8, 4) is 16.5 Å². The van der Waals surface area contributed by atoms with Gasteiger partial charge in [-0.3, -0.25) is 0 Å². The zero-order valence-corrected chi connectivity index (χ0v) is 11.3. The second-order valence-electron chi connectivity index (χ2n) is 3.69. The maximum absolute atomic E-state index is 10.9. The monoisotopic (exact) mass is 307 g/mol. The number of nitrogens with zero attached hydrogens (tertiary/aromatic N) is 5. The zero-order valence-electron chi connectivity index (χ0n) is 9.76. The van der Waals surface area contributed by atoms with E-state index in [-0.39, 0.29) is 15.2 Å². The number of rotatable bonds is 3. The highest BCUT2D eigenvalue weighted by molar-refractivity contribution is 7.16. The van der Waals surface area contributed by atoms with E-state index in [1.165, 1.54) is 0 Å². The van der Waals surface area contributed by atoms with Crippen molar-refractivity contribution in [1.82, 2.24) is 25.2 Å². The Morgan fingerprint density at radius 3 is 2.70 bits per heavy atom. The number of hydrogen-bond acceptors (Lipinski definition) is 6. The number of carboxylic acids is 1. The molecule has 0 spiro atoms. The van der Waals surface area contributed by atoms with Gasteiger partial charge in [-0.2, -0.15) is 0 Å². The summed E-state index contributed by atoms with van der Waals surface area (Å²) in [7, 11) is 0. The summed E-state index contributed by atoms with van der Waals surface area (Å²) in [4.78, 5) is 15.9. The van der Waals surface area contributed by atoms with Crippen LogP contribution in [0.15, 0.2) is 30.3 Å². The molecule has 9 heteroatoms. The molecule has 0 saturated carbocycles. The summed E-state index contributed by atoms with van der Waals surface area (Å²) in [6, 6.07) is 9.29. The van der Waals surface area contributed by atoms with Gasteiger partial charge >= 0.3 is 5.97 Å². The van der Waals surface area contributed by atoms with E-state index in [4.69, 9.17) is 16.7 Å². The number of carboxylic acid groups (broad SMARTS) is 1. The number of tetrazole rings is 1. The van der Waals surface area contributed by atoms with Gasteiger partial charge < -0.3 is 5.11 Å². The molecule has 1 aromatic carbocycles. The van der Waals surface area contributed by atoms with Crippen LogP contribution < -0.4 is 0 Å². The van der Waals surface area contributed by atoms with E-state index in [0.717, 1.165) is 21.7 Å². The molecule has 0 saturated heterocycles. The molecule has 3 aromatic rings. The number of aromatic carboxylic acids is 1. The first-order chi connectivity index (χ1) is 9.65. The van der Waals surface area contributed by atoms with Gasteiger partial charge in [0.15, 0.2) is 10.0 Å². The van der Waals surface area contributed by atoms with Crippen molar-refractivity contribution in [1.29, 1.82) is 0 Å². The maximum atomic E-state index is 10.9. The molecule has 0 atom stereocenters. The van der Waals surface area contributed by atoms with Crippen LogP contribution in [0.2, 0.25) is 5.15 Å². The Morgan fingerprint density at radius 1 is 1.30 bits per heavy atom. The molecule has 0 unspecified atom stereocenters. The third-order valence-corrected chi connectivity index (χ3v) is 3.78. The van der Waals surface area contributed by atoms with Crippen LogP contribution in [-0.4, -0.2) is 36.3 Å². The summed E-state index contributed by atoms with van der Waals surface area (Å²) in [5.41, 5.74) is 0.805. The molecule has 7 nitrogen and oxygen atoms in total. The molecule has 0 amide bonds. The van der Waals surface area contributed by atoms with Gasteiger partial charge in [0, 0.05) is 5.56 Å². The molecule has 2 heterocycles. The van der Waals surface area contributed by atoms with Crippen molar-refractivity contribution in [3.05, 3.63) is 40.4 Å². The summed E-state index contributed by atoms with van der Waals surface area (Å²) in [5.74, 6) is -0.712. The van der Waals surface area contributed by atoms with Gasteiger partial charge in [0.2, 0.25) is 11.0 Å². The van der Waals surface area contributed by atoms with Crippen LogP contribution >= 0.6 is 22.9 Å².